The summed E-state index contributed by atoms with van der Waals surface area (Å²) in [4.78, 5) is 27.7. The molecule has 0 radical (unpaired) electrons. The van der Waals surface area contributed by atoms with Crippen LogP contribution >= 0.6 is 0 Å². The molecule has 3 rings (SSSR count). The van der Waals surface area contributed by atoms with Crippen molar-refractivity contribution >= 4 is 17.6 Å². The molecule has 19 heavy (non-hydrogen) atoms. The molecule has 2 fully saturated rings. The van der Waals surface area contributed by atoms with Gasteiger partial charge >= 0.3 is 6.03 Å². The molecule has 100 valence electrons. The molecule has 2 aliphatic heterocycles. The molecule has 2 atom stereocenters. The number of amides is 3. The summed E-state index contributed by atoms with van der Waals surface area (Å²) in [7, 11) is 1.73. The normalized spacial score (nSPS) is 26.8. The number of urea groups is 1. The average Bonchev–Trinajstić information content (AvgIpc) is 2.86. The number of carbonyl (C=O) groups excluding carboxylic acids is 2. The third-order valence-electron chi connectivity index (χ3n) is 3.84. The molecule has 3 amide bonds. The van der Waals surface area contributed by atoms with Crippen LogP contribution in [0.5, 0.6) is 0 Å². The van der Waals surface area contributed by atoms with E-state index >= 15 is 0 Å². The van der Waals surface area contributed by atoms with Crippen molar-refractivity contribution in [3.63, 3.8) is 0 Å². The molecule has 5 nitrogen and oxygen atoms in total. The quantitative estimate of drug-likeness (QED) is 0.767. The maximum absolute atomic E-state index is 12.5. The lowest BCUT2D eigenvalue weighted by molar-refractivity contribution is -0.124. The monoisotopic (exact) mass is 260 g/mol. The Morgan fingerprint density at radius 3 is 2.79 bits per heavy atom. The number of fused-ring (bicyclic) bond motifs is 1. The second-order valence-corrected chi connectivity index (χ2v) is 5.12. The summed E-state index contributed by atoms with van der Waals surface area (Å²) in [6.45, 7) is 2.78. The van der Waals surface area contributed by atoms with Gasteiger partial charge in [-0.2, -0.15) is 0 Å². The minimum atomic E-state index is -0.276. The standard InChI is InChI=1S/C14H16N2O3/c1-9-4-3-5-10(6-9)16-13(17)11-7-19-8-12(11)15(2)14(16)18/h3-6,11-12H,7-8H2,1-2H3. The van der Waals surface area contributed by atoms with Gasteiger partial charge in [0.05, 0.1) is 30.9 Å². The van der Waals surface area contributed by atoms with Crippen LogP contribution in [-0.4, -0.2) is 43.1 Å². The molecule has 1 aromatic rings. The Labute approximate surface area is 111 Å². The zero-order valence-corrected chi connectivity index (χ0v) is 11.0. The number of hydrogen-bond donors (Lipinski definition) is 0. The van der Waals surface area contributed by atoms with Crippen LogP contribution in [0.3, 0.4) is 0 Å². The average molecular weight is 260 g/mol. The number of likely N-dealkylation sites (N-methyl/N-ethyl adjacent to an activating group) is 1. The highest BCUT2D eigenvalue weighted by Gasteiger charge is 2.48. The fourth-order valence-electron chi connectivity index (χ4n) is 2.72. The molecule has 2 unspecified atom stereocenters. The number of carbonyl (C=O) groups is 2. The van der Waals surface area contributed by atoms with Crippen molar-refractivity contribution in [1.82, 2.24) is 4.90 Å². The van der Waals surface area contributed by atoms with Gasteiger partial charge in [-0.3, -0.25) is 4.79 Å². The molecular formula is C14H16N2O3. The molecule has 2 saturated heterocycles. The topological polar surface area (TPSA) is 49.9 Å². The lowest BCUT2D eigenvalue weighted by Gasteiger charge is -2.38. The second kappa shape index (κ2) is 4.35. The van der Waals surface area contributed by atoms with Gasteiger partial charge in [0.25, 0.3) is 0 Å². The lowest BCUT2D eigenvalue weighted by Crippen LogP contribution is -2.60. The van der Waals surface area contributed by atoms with Crippen LogP contribution in [-0.2, 0) is 9.53 Å². The summed E-state index contributed by atoms with van der Waals surface area (Å²) >= 11 is 0. The van der Waals surface area contributed by atoms with Crippen molar-refractivity contribution in [1.29, 1.82) is 0 Å². The molecule has 1 aromatic carbocycles. The molecule has 2 heterocycles. The smallest absolute Gasteiger partial charge is 0.331 e. The van der Waals surface area contributed by atoms with Crippen LogP contribution < -0.4 is 4.90 Å². The Kier molecular flexibility index (Phi) is 2.78. The van der Waals surface area contributed by atoms with Crippen LogP contribution in [0.15, 0.2) is 24.3 Å². The number of nitrogens with zero attached hydrogens (tertiary/aromatic N) is 2. The van der Waals surface area contributed by atoms with Gasteiger partial charge in [-0.15, -0.1) is 0 Å². The van der Waals surface area contributed by atoms with Crippen molar-refractivity contribution in [3.8, 4) is 0 Å². The number of rotatable bonds is 1. The van der Waals surface area contributed by atoms with Crippen molar-refractivity contribution in [2.45, 2.75) is 13.0 Å². The van der Waals surface area contributed by atoms with Gasteiger partial charge in [0, 0.05) is 7.05 Å². The van der Waals surface area contributed by atoms with E-state index in [1.165, 1.54) is 4.90 Å². The molecule has 0 spiro atoms. The van der Waals surface area contributed by atoms with Crippen molar-refractivity contribution in [3.05, 3.63) is 29.8 Å². The SMILES string of the molecule is Cc1cccc(N2C(=O)C3COCC3N(C)C2=O)c1. The Hall–Kier alpha value is -1.88. The maximum Gasteiger partial charge on any atom is 0.331 e. The number of benzene rings is 1. The Morgan fingerprint density at radius 2 is 2.05 bits per heavy atom. The first-order valence-corrected chi connectivity index (χ1v) is 6.35. The van der Waals surface area contributed by atoms with E-state index in [2.05, 4.69) is 0 Å². The zero-order valence-electron chi connectivity index (χ0n) is 11.0. The predicted octanol–water partition coefficient (Wildman–Crippen LogP) is 1.41. The first-order valence-electron chi connectivity index (χ1n) is 6.35. The summed E-state index contributed by atoms with van der Waals surface area (Å²) < 4.78 is 5.35. The van der Waals surface area contributed by atoms with Gasteiger partial charge in [-0.1, -0.05) is 12.1 Å². The number of anilines is 1. The molecular weight excluding hydrogens is 244 g/mol. The van der Waals surface area contributed by atoms with Gasteiger partial charge in [0.2, 0.25) is 5.91 Å². The molecule has 0 aromatic heterocycles. The summed E-state index contributed by atoms with van der Waals surface area (Å²) in [5, 5.41) is 0. The molecule has 2 aliphatic rings. The third-order valence-corrected chi connectivity index (χ3v) is 3.84. The zero-order chi connectivity index (χ0) is 13.6. The maximum atomic E-state index is 12.5. The Balaban J connectivity index is 2.00. The van der Waals surface area contributed by atoms with E-state index in [9.17, 15) is 9.59 Å². The fraction of sp³-hybridized carbons (Fsp3) is 0.429. The Bertz CT molecular complexity index is 543. The fourth-order valence-corrected chi connectivity index (χ4v) is 2.72. The van der Waals surface area contributed by atoms with E-state index in [-0.39, 0.29) is 23.9 Å². The second-order valence-electron chi connectivity index (χ2n) is 5.12. The predicted molar refractivity (Wildman–Crippen MR) is 69.9 cm³/mol. The van der Waals surface area contributed by atoms with Crippen LogP contribution in [0, 0.1) is 12.8 Å². The summed E-state index contributed by atoms with van der Waals surface area (Å²) in [6, 6.07) is 7.02. The van der Waals surface area contributed by atoms with Crippen molar-refractivity contribution in [2.75, 3.05) is 25.2 Å². The molecule has 0 N–H and O–H groups in total. The summed E-state index contributed by atoms with van der Waals surface area (Å²) in [5.41, 5.74) is 1.65. The minimum Gasteiger partial charge on any atom is -0.378 e. The first-order chi connectivity index (χ1) is 9.09. The molecule has 0 aliphatic carbocycles. The Morgan fingerprint density at radius 1 is 1.26 bits per heavy atom. The number of aryl methyl sites for hydroxylation is 1. The van der Waals surface area contributed by atoms with Crippen LogP contribution in [0.1, 0.15) is 5.56 Å². The first kappa shape index (κ1) is 12.2. The van der Waals surface area contributed by atoms with E-state index in [1.807, 2.05) is 25.1 Å². The number of hydrogen-bond acceptors (Lipinski definition) is 3. The van der Waals surface area contributed by atoms with E-state index in [0.29, 0.717) is 18.9 Å². The highest BCUT2D eigenvalue weighted by atomic mass is 16.5. The number of ether oxygens (including phenoxy) is 1. The number of imide groups is 1. The van der Waals surface area contributed by atoms with Crippen LogP contribution in [0.2, 0.25) is 0 Å². The largest absolute Gasteiger partial charge is 0.378 e. The van der Waals surface area contributed by atoms with Crippen LogP contribution in [0.25, 0.3) is 0 Å². The highest BCUT2D eigenvalue weighted by molar-refractivity contribution is 6.17. The van der Waals surface area contributed by atoms with Gasteiger partial charge in [0.15, 0.2) is 0 Å². The third kappa shape index (κ3) is 1.81. The van der Waals surface area contributed by atoms with E-state index in [1.54, 1.807) is 18.0 Å². The molecule has 5 heteroatoms. The van der Waals surface area contributed by atoms with E-state index in [0.717, 1.165) is 5.56 Å². The minimum absolute atomic E-state index is 0.124. The van der Waals surface area contributed by atoms with Crippen molar-refractivity contribution < 1.29 is 14.3 Å². The van der Waals surface area contributed by atoms with Gasteiger partial charge < -0.3 is 9.64 Å². The van der Waals surface area contributed by atoms with Crippen molar-refractivity contribution in [2.24, 2.45) is 5.92 Å². The summed E-state index contributed by atoms with van der Waals surface area (Å²) in [6.07, 6.45) is 0. The molecule has 0 saturated carbocycles. The van der Waals surface area contributed by atoms with Gasteiger partial charge in [-0.25, -0.2) is 9.69 Å². The summed E-state index contributed by atoms with van der Waals surface area (Å²) in [5.74, 6) is -0.403. The lowest BCUT2D eigenvalue weighted by atomic mass is 9.97. The highest BCUT2D eigenvalue weighted by Crippen LogP contribution is 2.30. The van der Waals surface area contributed by atoms with Gasteiger partial charge in [-0.05, 0) is 24.6 Å². The van der Waals surface area contributed by atoms with E-state index < -0.39 is 0 Å². The van der Waals surface area contributed by atoms with E-state index in [4.69, 9.17) is 4.74 Å². The molecule has 0 bridgehead atoms. The van der Waals surface area contributed by atoms with Crippen LogP contribution in [0.4, 0.5) is 10.5 Å². The van der Waals surface area contributed by atoms with Gasteiger partial charge in [0.1, 0.15) is 0 Å².